The largest absolute Gasteiger partial charge is 0.307 e. The number of thioether (sulfide) groups is 1. The molecule has 0 aliphatic heterocycles. The maximum Gasteiger partial charge on any atom is 0.127 e. The molecule has 0 amide bonds. The molecule has 0 spiro atoms. The number of rotatable bonds is 4. The maximum atomic E-state index is 13.7. The minimum absolute atomic E-state index is 0.0991. The molecule has 3 heteroatoms. The Bertz CT molecular complexity index is 375. The van der Waals surface area contributed by atoms with Crippen molar-refractivity contribution >= 4 is 11.8 Å². The fraction of sp³-hybridized carbons (Fsp3) is 0.600. The summed E-state index contributed by atoms with van der Waals surface area (Å²) in [5.41, 5.74) is 0.782. The zero-order valence-corrected chi connectivity index (χ0v) is 12.0. The van der Waals surface area contributed by atoms with Crippen LogP contribution in [0.3, 0.4) is 0 Å². The first-order chi connectivity index (χ1) is 8.70. The van der Waals surface area contributed by atoms with E-state index in [1.807, 2.05) is 23.9 Å². The molecular weight excluding hydrogens is 245 g/mol. The highest BCUT2D eigenvalue weighted by Gasteiger charge is 2.22. The number of benzene rings is 1. The first-order valence-electron chi connectivity index (χ1n) is 6.74. The Morgan fingerprint density at radius 3 is 2.50 bits per heavy atom. The molecule has 1 saturated carbocycles. The van der Waals surface area contributed by atoms with Crippen LogP contribution in [0.2, 0.25) is 0 Å². The van der Waals surface area contributed by atoms with E-state index in [2.05, 4.69) is 18.5 Å². The molecule has 1 aromatic carbocycles. The summed E-state index contributed by atoms with van der Waals surface area (Å²) in [6.07, 6.45) is 7.18. The van der Waals surface area contributed by atoms with Gasteiger partial charge in [-0.2, -0.15) is 11.8 Å². The van der Waals surface area contributed by atoms with E-state index in [4.69, 9.17) is 0 Å². The van der Waals surface area contributed by atoms with Gasteiger partial charge < -0.3 is 5.32 Å². The van der Waals surface area contributed by atoms with Gasteiger partial charge in [0.15, 0.2) is 0 Å². The van der Waals surface area contributed by atoms with Gasteiger partial charge in [-0.05, 0) is 44.9 Å². The van der Waals surface area contributed by atoms with Gasteiger partial charge in [0.25, 0.3) is 0 Å². The second-order valence-electron chi connectivity index (χ2n) is 5.12. The van der Waals surface area contributed by atoms with E-state index in [0.717, 1.165) is 10.8 Å². The van der Waals surface area contributed by atoms with E-state index < -0.39 is 0 Å². The molecule has 100 valence electrons. The molecule has 0 bridgehead atoms. The molecule has 0 saturated heterocycles. The molecular formula is C15H22FNS. The summed E-state index contributed by atoms with van der Waals surface area (Å²) >= 11 is 1.98. The van der Waals surface area contributed by atoms with Crippen molar-refractivity contribution in [2.75, 3.05) is 6.26 Å². The summed E-state index contributed by atoms with van der Waals surface area (Å²) in [4.78, 5) is 0. The lowest BCUT2D eigenvalue weighted by Gasteiger charge is -2.30. The average molecular weight is 267 g/mol. The van der Waals surface area contributed by atoms with Gasteiger partial charge >= 0.3 is 0 Å². The van der Waals surface area contributed by atoms with Crippen molar-refractivity contribution in [1.82, 2.24) is 5.32 Å². The molecule has 1 atom stereocenters. The van der Waals surface area contributed by atoms with Crippen molar-refractivity contribution < 1.29 is 4.39 Å². The summed E-state index contributed by atoms with van der Waals surface area (Å²) in [5.74, 6) is -0.102. The lowest BCUT2D eigenvalue weighted by molar-refractivity contribution is 0.348. The van der Waals surface area contributed by atoms with Crippen molar-refractivity contribution in [3.63, 3.8) is 0 Å². The first-order valence-corrected chi connectivity index (χ1v) is 8.02. The molecule has 1 unspecified atom stereocenters. The van der Waals surface area contributed by atoms with E-state index >= 15 is 0 Å². The number of nitrogens with one attached hydrogen (secondary N) is 1. The van der Waals surface area contributed by atoms with Crippen molar-refractivity contribution in [3.8, 4) is 0 Å². The Balaban J connectivity index is 1.89. The second kappa shape index (κ2) is 6.58. The highest BCUT2D eigenvalue weighted by Crippen LogP contribution is 2.28. The first kappa shape index (κ1) is 13.9. The quantitative estimate of drug-likeness (QED) is 0.879. The second-order valence-corrected chi connectivity index (χ2v) is 6.26. The minimum atomic E-state index is -0.102. The maximum absolute atomic E-state index is 13.7. The van der Waals surface area contributed by atoms with Crippen LogP contribution < -0.4 is 5.32 Å². The Hall–Kier alpha value is -0.540. The van der Waals surface area contributed by atoms with Crippen molar-refractivity contribution in [2.24, 2.45) is 0 Å². The van der Waals surface area contributed by atoms with Crippen LogP contribution >= 0.6 is 11.8 Å². The van der Waals surface area contributed by atoms with Gasteiger partial charge in [-0.3, -0.25) is 0 Å². The topological polar surface area (TPSA) is 12.0 Å². The summed E-state index contributed by atoms with van der Waals surface area (Å²) in [6, 6.07) is 7.71. The number of halogens is 1. The summed E-state index contributed by atoms with van der Waals surface area (Å²) in [6.45, 7) is 2.05. The zero-order valence-electron chi connectivity index (χ0n) is 11.2. The smallest absolute Gasteiger partial charge is 0.127 e. The number of hydrogen-bond acceptors (Lipinski definition) is 2. The molecule has 0 heterocycles. The highest BCUT2D eigenvalue weighted by molar-refractivity contribution is 7.99. The molecule has 1 fully saturated rings. The van der Waals surface area contributed by atoms with Gasteiger partial charge in [0.1, 0.15) is 5.82 Å². The average Bonchev–Trinajstić information content (AvgIpc) is 2.40. The molecule has 1 aliphatic carbocycles. The molecule has 0 radical (unpaired) electrons. The van der Waals surface area contributed by atoms with E-state index in [0.29, 0.717) is 6.04 Å². The number of hydrogen-bond donors (Lipinski definition) is 1. The van der Waals surface area contributed by atoms with E-state index in [1.54, 1.807) is 6.07 Å². The van der Waals surface area contributed by atoms with Gasteiger partial charge in [-0.1, -0.05) is 18.2 Å². The third kappa shape index (κ3) is 3.48. The predicted octanol–water partition coefficient (Wildman–Crippen LogP) is 4.15. The molecule has 18 heavy (non-hydrogen) atoms. The monoisotopic (exact) mass is 267 g/mol. The third-order valence-electron chi connectivity index (χ3n) is 3.86. The predicted molar refractivity (Wildman–Crippen MR) is 77.5 cm³/mol. The Kier molecular flexibility index (Phi) is 5.07. The standard InChI is InChI=1S/C15H22FNS/c1-11(14-5-3-4-6-15(14)16)17-12-7-9-13(18-2)10-8-12/h3-6,11-13,17H,7-10H2,1-2H3. The minimum Gasteiger partial charge on any atom is -0.307 e. The van der Waals surface area contributed by atoms with Crippen LogP contribution in [0.5, 0.6) is 0 Å². The molecule has 0 aromatic heterocycles. The third-order valence-corrected chi connectivity index (χ3v) is 5.00. The van der Waals surface area contributed by atoms with Crippen LogP contribution in [0.1, 0.15) is 44.2 Å². The molecule has 2 rings (SSSR count). The normalized spacial score (nSPS) is 25.9. The summed E-state index contributed by atoms with van der Waals surface area (Å²) < 4.78 is 13.7. The summed E-state index contributed by atoms with van der Waals surface area (Å²) in [7, 11) is 0. The van der Waals surface area contributed by atoms with Crippen LogP contribution in [0.25, 0.3) is 0 Å². The van der Waals surface area contributed by atoms with E-state index in [-0.39, 0.29) is 11.9 Å². The van der Waals surface area contributed by atoms with Crippen LogP contribution in [0.15, 0.2) is 24.3 Å². The van der Waals surface area contributed by atoms with Crippen molar-refractivity contribution in [3.05, 3.63) is 35.6 Å². The van der Waals surface area contributed by atoms with Crippen LogP contribution in [-0.2, 0) is 0 Å². The van der Waals surface area contributed by atoms with Crippen LogP contribution in [-0.4, -0.2) is 17.5 Å². The van der Waals surface area contributed by atoms with Gasteiger partial charge in [-0.25, -0.2) is 4.39 Å². The van der Waals surface area contributed by atoms with Crippen molar-refractivity contribution in [2.45, 2.75) is 49.9 Å². The van der Waals surface area contributed by atoms with Gasteiger partial charge in [-0.15, -0.1) is 0 Å². The molecule has 1 aromatic rings. The highest BCUT2D eigenvalue weighted by atomic mass is 32.2. The summed E-state index contributed by atoms with van der Waals surface area (Å²) in [5, 5.41) is 4.40. The Labute approximate surface area is 114 Å². The van der Waals surface area contributed by atoms with Crippen LogP contribution in [0.4, 0.5) is 4.39 Å². The lowest BCUT2D eigenvalue weighted by atomic mass is 9.93. The molecule has 1 aliphatic rings. The molecule has 1 N–H and O–H groups in total. The van der Waals surface area contributed by atoms with Crippen molar-refractivity contribution in [1.29, 1.82) is 0 Å². The van der Waals surface area contributed by atoms with Gasteiger partial charge in [0.05, 0.1) is 0 Å². The van der Waals surface area contributed by atoms with Gasteiger partial charge in [0, 0.05) is 22.9 Å². The fourth-order valence-electron chi connectivity index (χ4n) is 2.73. The van der Waals surface area contributed by atoms with Crippen LogP contribution in [0, 0.1) is 5.82 Å². The SMILES string of the molecule is CSC1CCC(NC(C)c2ccccc2F)CC1. The lowest BCUT2D eigenvalue weighted by Crippen LogP contribution is -2.35. The van der Waals surface area contributed by atoms with E-state index in [1.165, 1.54) is 31.7 Å². The van der Waals surface area contributed by atoms with E-state index in [9.17, 15) is 4.39 Å². The van der Waals surface area contributed by atoms with Gasteiger partial charge in [0.2, 0.25) is 0 Å². The molecule has 1 nitrogen and oxygen atoms in total. The fourth-order valence-corrected chi connectivity index (χ4v) is 3.48. The Morgan fingerprint density at radius 1 is 1.22 bits per heavy atom. The zero-order chi connectivity index (χ0) is 13.0. The Morgan fingerprint density at radius 2 is 1.89 bits per heavy atom.